The smallest absolute Gasteiger partial charge is 0.00670 e. The summed E-state index contributed by atoms with van der Waals surface area (Å²) in [6, 6.07) is 0.840. The van der Waals surface area contributed by atoms with Crippen molar-refractivity contribution < 1.29 is 0 Å². The number of nitrogens with zero attached hydrogens (tertiary/aromatic N) is 1. The lowest BCUT2D eigenvalue weighted by Crippen LogP contribution is -2.29. The van der Waals surface area contributed by atoms with Crippen molar-refractivity contribution in [2.24, 2.45) is 0 Å². The maximum atomic E-state index is 3.61. The summed E-state index contributed by atoms with van der Waals surface area (Å²) in [6.45, 7) is 2.41. The number of rotatable bonds is 5. The molecule has 0 saturated heterocycles. The van der Waals surface area contributed by atoms with Crippen molar-refractivity contribution in [2.75, 3.05) is 27.2 Å². The molecule has 0 aromatic heterocycles. The summed E-state index contributed by atoms with van der Waals surface area (Å²) in [4.78, 5) is 2.25. The molecule has 1 fully saturated rings. The molecule has 0 aromatic rings. The fourth-order valence-electron chi connectivity index (χ4n) is 1.83. The second kappa shape index (κ2) is 5.55. The van der Waals surface area contributed by atoms with Crippen molar-refractivity contribution in [3.8, 4) is 0 Å². The largest absolute Gasteiger partial charge is 0.314 e. The zero-order valence-corrected chi connectivity index (χ0v) is 8.47. The molecule has 1 rings (SSSR count). The van der Waals surface area contributed by atoms with E-state index in [0.29, 0.717) is 0 Å². The molecule has 0 amide bonds. The Bertz CT molecular complexity index is 106. The lowest BCUT2D eigenvalue weighted by molar-refractivity contribution is 0.386. The van der Waals surface area contributed by atoms with Crippen molar-refractivity contribution in [1.82, 2.24) is 10.2 Å². The number of hydrogen-bond donors (Lipinski definition) is 1. The second-order valence-electron chi connectivity index (χ2n) is 4.09. The van der Waals surface area contributed by atoms with E-state index in [1.165, 1.54) is 45.2 Å². The topological polar surface area (TPSA) is 15.3 Å². The summed E-state index contributed by atoms with van der Waals surface area (Å²) >= 11 is 0. The molecule has 0 unspecified atom stereocenters. The third kappa shape index (κ3) is 4.07. The summed E-state index contributed by atoms with van der Waals surface area (Å²) in [7, 11) is 4.27. The van der Waals surface area contributed by atoms with Gasteiger partial charge in [0.1, 0.15) is 0 Å². The average molecular weight is 170 g/mol. The Balaban J connectivity index is 1.88. The van der Waals surface area contributed by atoms with Crippen LogP contribution in [0.5, 0.6) is 0 Å². The molecule has 1 aliphatic carbocycles. The third-order valence-electron chi connectivity index (χ3n) is 2.57. The maximum Gasteiger partial charge on any atom is 0.00670 e. The van der Waals surface area contributed by atoms with Gasteiger partial charge in [0.15, 0.2) is 0 Å². The van der Waals surface area contributed by atoms with Crippen LogP contribution in [-0.2, 0) is 0 Å². The summed E-state index contributed by atoms with van der Waals surface area (Å²) in [5, 5.41) is 3.61. The molecule has 1 aliphatic rings. The highest BCUT2D eigenvalue weighted by Crippen LogP contribution is 2.17. The molecular formula is C10H22N2. The molecule has 0 bridgehead atoms. The highest BCUT2D eigenvalue weighted by molar-refractivity contribution is 4.73. The molecule has 1 N–H and O–H groups in total. The molecule has 0 spiro atoms. The monoisotopic (exact) mass is 170 g/mol. The van der Waals surface area contributed by atoms with E-state index < -0.39 is 0 Å². The van der Waals surface area contributed by atoms with Crippen LogP contribution in [0.15, 0.2) is 0 Å². The van der Waals surface area contributed by atoms with Gasteiger partial charge < -0.3 is 10.2 Å². The molecule has 12 heavy (non-hydrogen) atoms. The van der Waals surface area contributed by atoms with Gasteiger partial charge in [0.05, 0.1) is 0 Å². The SMILES string of the molecule is CN(C)CCCNC1CCCC1. The fraction of sp³-hybridized carbons (Fsp3) is 1.00. The Labute approximate surface area is 76.3 Å². The van der Waals surface area contributed by atoms with Crippen molar-refractivity contribution >= 4 is 0 Å². The highest BCUT2D eigenvalue weighted by Gasteiger charge is 2.12. The first-order chi connectivity index (χ1) is 5.79. The minimum absolute atomic E-state index is 0.840. The van der Waals surface area contributed by atoms with Crippen molar-refractivity contribution in [2.45, 2.75) is 38.1 Å². The van der Waals surface area contributed by atoms with Gasteiger partial charge in [-0.2, -0.15) is 0 Å². The molecule has 0 heterocycles. The zero-order valence-electron chi connectivity index (χ0n) is 8.47. The quantitative estimate of drug-likeness (QED) is 0.629. The van der Waals surface area contributed by atoms with Crippen molar-refractivity contribution in [3.63, 3.8) is 0 Å². The van der Waals surface area contributed by atoms with E-state index in [1.54, 1.807) is 0 Å². The lowest BCUT2D eigenvalue weighted by Gasteiger charge is -2.13. The van der Waals surface area contributed by atoms with Gasteiger partial charge in [0, 0.05) is 6.04 Å². The standard InChI is InChI=1S/C10H22N2/c1-12(2)9-5-8-11-10-6-3-4-7-10/h10-11H,3-9H2,1-2H3. The van der Waals surface area contributed by atoms with Crippen LogP contribution in [0.25, 0.3) is 0 Å². The Kier molecular flexibility index (Phi) is 4.62. The molecule has 0 aromatic carbocycles. The van der Waals surface area contributed by atoms with Gasteiger partial charge in [0.25, 0.3) is 0 Å². The minimum Gasteiger partial charge on any atom is -0.314 e. The van der Waals surface area contributed by atoms with Crippen LogP contribution in [0.1, 0.15) is 32.1 Å². The first-order valence-electron chi connectivity index (χ1n) is 5.17. The van der Waals surface area contributed by atoms with E-state index >= 15 is 0 Å². The van der Waals surface area contributed by atoms with Crippen LogP contribution < -0.4 is 5.32 Å². The molecule has 1 saturated carbocycles. The molecular weight excluding hydrogens is 148 g/mol. The predicted octanol–water partition coefficient (Wildman–Crippen LogP) is 1.47. The Morgan fingerprint density at radius 3 is 2.50 bits per heavy atom. The summed E-state index contributed by atoms with van der Waals surface area (Å²) < 4.78 is 0. The number of nitrogens with one attached hydrogen (secondary N) is 1. The van der Waals surface area contributed by atoms with E-state index in [0.717, 1.165) is 6.04 Å². The Morgan fingerprint density at radius 2 is 1.92 bits per heavy atom. The van der Waals surface area contributed by atoms with Crippen LogP contribution in [-0.4, -0.2) is 38.1 Å². The maximum absolute atomic E-state index is 3.61. The summed E-state index contributed by atoms with van der Waals surface area (Å²) in [5.74, 6) is 0. The van der Waals surface area contributed by atoms with Gasteiger partial charge in [-0.25, -0.2) is 0 Å². The first-order valence-corrected chi connectivity index (χ1v) is 5.17. The number of hydrogen-bond acceptors (Lipinski definition) is 2. The van der Waals surface area contributed by atoms with Gasteiger partial charge in [-0.1, -0.05) is 12.8 Å². The van der Waals surface area contributed by atoms with Crippen LogP contribution in [0, 0.1) is 0 Å². The van der Waals surface area contributed by atoms with Crippen LogP contribution in [0.2, 0.25) is 0 Å². The molecule has 0 radical (unpaired) electrons. The van der Waals surface area contributed by atoms with Gasteiger partial charge in [-0.3, -0.25) is 0 Å². The average Bonchev–Trinajstić information content (AvgIpc) is 2.49. The predicted molar refractivity (Wildman–Crippen MR) is 53.4 cm³/mol. The third-order valence-corrected chi connectivity index (χ3v) is 2.57. The van der Waals surface area contributed by atoms with Crippen LogP contribution >= 0.6 is 0 Å². The van der Waals surface area contributed by atoms with E-state index in [-0.39, 0.29) is 0 Å². The second-order valence-corrected chi connectivity index (χ2v) is 4.09. The Morgan fingerprint density at radius 1 is 1.25 bits per heavy atom. The normalized spacial score (nSPS) is 19.2. The van der Waals surface area contributed by atoms with E-state index in [1.807, 2.05) is 0 Å². The molecule has 72 valence electrons. The van der Waals surface area contributed by atoms with Gasteiger partial charge in [-0.15, -0.1) is 0 Å². The summed E-state index contributed by atoms with van der Waals surface area (Å²) in [6.07, 6.45) is 6.96. The van der Waals surface area contributed by atoms with Crippen LogP contribution in [0.3, 0.4) is 0 Å². The van der Waals surface area contributed by atoms with E-state index in [9.17, 15) is 0 Å². The fourth-order valence-corrected chi connectivity index (χ4v) is 1.83. The zero-order chi connectivity index (χ0) is 8.81. The van der Waals surface area contributed by atoms with Crippen LogP contribution in [0.4, 0.5) is 0 Å². The molecule has 2 nitrogen and oxygen atoms in total. The first kappa shape index (κ1) is 10.0. The van der Waals surface area contributed by atoms with Crippen molar-refractivity contribution in [3.05, 3.63) is 0 Å². The van der Waals surface area contributed by atoms with E-state index in [4.69, 9.17) is 0 Å². The van der Waals surface area contributed by atoms with Gasteiger partial charge in [0.2, 0.25) is 0 Å². The van der Waals surface area contributed by atoms with Gasteiger partial charge >= 0.3 is 0 Å². The molecule has 0 aliphatic heterocycles. The minimum atomic E-state index is 0.840. The Hall–Kier alpha value is -0.0800. The van der Waals surface area contributed by atoms with Gasteiger partial charge in [-0.05, 0) is 46.4 Å². The van der Waals surface area contributed by atoms with Crippen molar-refractivity contribution in [1.29, 1.82) is 0 Å². The molecule has 0 atom stereocenters. The lowest BCUT2D eigenvalue weighted by atomic mass is 10.2. The summed E-state index contributed by atoms with van der Waals surface area (Å²) in [5.41, 5.74) is 0. The van der Waals surface area contributed by atoms with E-state index in [2.05, 4.69) is 24.3 Å². The molecule has 2 heteroatoms. The highest BCUT2D eigenvalue weighted by atomic mass is 15.1.